The molecule has 0 amide bonds. The summed E-state index contributed by atoms with van der Waals surface area (Å²) in [6.45, 7) is 0. The summed E-state index contributed by atoms with van der Waals surface area (Å²) in [6, 6.07) is 96.1. The lowest BCUT2D eigenvalue weighted by Crippen LogP contribution is -2.11. The molecule has 0 aliphatic carbocycles. The lowest BCUT2D eigenvalue weighted by Gasteiger charge is -2.28. The fourth-order valence-corrected chi connectivity index (χ4v) is 10.4. The maximum absolute atomic E-state index is 6.50. The molecule has 0 N–H and O–H groups in total. The van der Waals surface area contributed by atoms with E-state index in [1.165, 1.54) is 44.1 Å². The number of fused-ring (bicyclic) bond motifs is 6. The summed E-state index contributed by atoms with van der Waals surface area (Å²) in [5, 5.41) is 4.76. The van der Waals surface area contributed by atoms with Crippen LogP contribution in [0.15, 0.2) is 271 Å². The zero-order valence-electron chi connectivity index (χ0n) is 37.7. The summed E-state index contributed by atoms with van der Waals surface area (Å²) in [5.41, 5.74) is 20.0. The minimum atomic E-state index is 0.897. The molecule has 3 nitrogen and oxygen atoms in total. The first-order chi connectivity index (χ1) is 34.2. The van der Waals surface area contributed by atoms with Crippen LogP contribution in [0, 0.1) is 0 Å². The Kier molecular flexibility index (Phi) is 9.84. The third-order valence-corrected chi connectivity index (χ3v) is 13.6. The molecule has 0 atom stereocenters. The van der Waals surface area contributed by atoms with Crippen LogP contribution in [0.25, 0.3) is 105 Å². The smallest absolute Gasteiger partial charge is 0.143 e. The largest absolute Gasteiger partial charge is 0.455 e. The molecule has 2 heterocycles. The predicted octanol–water partition coefficient (Wildman–Crippen LogP) is 18.5. The van der Waals surface area contributed by atoms with Crippen LogP contribution in [0.4, 0.5) is 17.1 Å². The molecule has 2 aromatic heterocycles. The first-order valence-electron chi connectivity index (χ1n) is 23.6. The van der Waals surface area contributed by atoms with Crippen molar-refractivity contribution in [3.63, 3.8) is 0 Å². The van der Waals surface area contributed by atoms with Crippen LogP contribution in [0.3, 0.4) is 0 Å². The second-order valence-electron chi connectivity index (χ2n) is 17.6. The van der Waals surface area contributed by atoms with Gasteiger partial charge in [-0.3, -0.25) is 0 Å². The van der Waals surface area contributed by atoms with Crippen molar-refractivity contribution in [1.29, 1.82) is 0 Å². The van der Waals surface area contributed by atoms with Crippen molar-refractivity contribution >= 4 is 60.8 Å². The molecule has 11 aromatic carbocycles. The fraction of sp³-hybridized carbons (Fsp3) is 0. The van der Waals surface area contributed by atoms with E-state index in [-0.39, 0.29) is 0 Å². The van der Waals surface area contributed by atoms with Crippen molar-refractivity contribution in [3.05, 3.63) is 267 Å². The topological polar surface area (TPSA) is 21.3 Å². The van der Waals surface area contributed by atoms with Crippen molar-refractivity contribution in [2.45, 2.75) is 0 Å². The average molecular weight is 881 g/mol. The van der Waals surface area contributed by atoms with Gasteiger partial charge in [-0.25, -0.2) is 0 Å². The number of hydrogen-bond donors (Lipinski definition) is 0. The summed E-state index contributed by atoms with van der Waals surface area (Å²) >= 11 is 0. The highest BCUT2D eigenvalue weighted by Gasteiger charge is 2.21. The zero-order chi connectivity index (χ0) is 45.7. The Hall–Kier alpha value is -9.18. The second-order valence-corrected chi connectivity index (χ2v) is 17.6. The number of rotatable bonds is 9. The standard InChI is InChI=1S/C66H44N2O/c1-2-18-45(19-3-1)52-22-4-5-23-53(52)49-20-16-21-51(44-49)67(50-42-40-48(41-43-50)56-29-17-30-60-59-28-10-15-35-65(59)69-66(56)60)61-31-11-6-24-54(61)46-36-38-47(39-37-46)55-25-7-12-32-62(55)68-63-33-13-8-26-57(63)58-27-9-14-34-64(58)68/h1-44H. The third kappa shape index (κ3) is 6.99. The highest BCUT2D eigenvalue weighted by molar-refractivity contribution is 6.11. The molecule has 69 heavy (non-hydrogen) atoms. The summed E-state index contributed by atoms with van der Waals surface area (Å²) in [5.74, 6) is 0. The molecular formula is C66H44N2O. The van der Waals surface area contributed by atoms with Crippen LogP contribution in [-0.4, -0.2) is 4.57 Å². The first-order valence-corrected chi connectivity index (χ1v) is 23.6. The molecule has 0 aliphatic heterocycles. The Balaban J connectivity index is 0.933. The summed E-state index contributed by atoms with van der Waals surface area (Å²) in [4.78, 5) is 2.40. The monoisotopic (exact) mass is 880 g/mol. The van der Waals surface area contributed by atoms with Gasteiger partial charge in [0.25, 0.3) is 0 Å². The minimum Gasteiger partial charge on any atom is -0.455 e. The van der Waals surface area contributed by atoms with Crippen LogP contribution in [-0.2, 0) is 0 Å². The highest BCUT2D eigenvalue weighted by atomic mass is 16.3. The van der Waals surface area contributed by atoms with Crippen molar-refractivity contribution in [3.8, 4) is 61.3 Å². The molecule has 0 saturated carbocycles. The fourth-order valence-electron chi connectivity index (χ4n) is 10.4. The van der Waals surface area contributed by atoms with Gasteiger partial charge in [0.15, 0.2) is 0 Å². The molecule has 13 rings (SSSR count). The van der Waals surface area contributed by atoms with Gasteiger partial charge >= 0.3 is 0 Å². The lowest BCUT2D eigenvalue weighted by molar-refractivity contribution is 0.670. The van der Waals surface area contributed by atoms with E-state index in [9.17, 15) is 0 Å². The molecule has 0 bridgehead atoms. The molecule has 3 heteroatoms. The van der Waals surface area contributed by atoms with Crippen molar-refractivity contribution in [1.82, 2.24) is 4.57 Å². The maximum atomic E-state index is 6.50. The number of aromatic nitrogens is 1. The highest BCUT2D eigenvalue weighted by Crippen LogP contribution is 2.45. The van der Waals surface area contributed by atoms with Crippen LogP contribution in [0.5, 0.6) is 0 Å². The van der Waals surface area contributed by atoms with Gasteiger partial charge in [0.05, 0.1) is 22.4 Å². The Labute approximate surface area is 401 Å². The van der Waals surface area contributed by atoms with Crippen LogP contribution < -0.4 is 4.90 Å². The van der Waals surface area contributed by atoms with Gasteiger partial charge in [-0.1, -0.05) is 212 Å². The summed E-state index contributed by atoms with van der Waals surface area (Å²) in [6.07, 6.45) is 0. The normalized spacial score (nSPS) is 11.5. The van der Waals surface area contributed by atoms with E-state index in [0.717, 1.165) is 78.1 Å². The number of furan rings is 1. The molecule has 0 fully saturated rings. The summed E-state index contributed by atoms with van der Waals surface area (Å²) < 4.78 is 8.91. The van der Waals surface area contributed by atoms with Crippen LogP contribution in [0.2, 0.25) is 0 Å². The Morgan fingerprint density at radius 1 is 0.290 bits per heavy atom. The van der Waals surface area contributed by atoms with E-state index >= 15 is 0 Å². The molecular weight excluding hydrogens is 837 g/mol. The van der Waals surface area contributed by atoms with Crippen molar-refractivity contribution in [2.24, 2.45) is 0 Å². The average Bonchev–Trinajstić information content (AvgIpc) is 3.98. The Bertz CT molecular complexity index is 3960. The number of para-hydroxylation sites is 6. The summed E-state index contributed by atoms with van der Waals surface area (Å²) in [7, 11) is 0. The van der Waals surface area contributed by atoms with Crippen molar-refractivity contribution in [2.75, 3.05) is 4.90 Å². The van der Waals surface area contributed by atoms with E-state index in [4.69, 9.17) is 4.42 Å². The van der Waals surface area contributed by atoms with E-state index in [0.29, 0.717) is 0 Å². The molecule has 0 radical (unpaired) electrons. The Morgan fingerprint density at radius 2 is 0.768 bits per heavy atom. The molecule has 0 unspecified atom stereocenters. The van der Waals surface area contributed by atoms with Gasteiger partial charge in [-0.05, 0) is 93.5 Å². The quantitative estimate of drug-likeness (QED) is 0.144. The van der Waals surface area contributed by atoms with Crippen LogP contribution in [0.1, 0.15) is 0 Å². The second kappa shape index (κ2) is 16.9. The van der Waals surface area contributed by atoms with E-state index < -0.39 is 0 Å². The van der Waals surface area contributed by atoms with Crippen molar-refractivity contribution < 1.29 is 4.42 Å². The van der Waals surface area contributed by atoms with Gasteiger partial charge in [-0.2, -0.15) is 0 Å². The molecule has 13 aromatic rings. The van der Waals surface area contributed by atoms with Gasteiger partial charge in [0.2, 0.25) is 0 Å². The molecule has 0 saturated heterocycles. The first kappa shape index (κ1) is 40.1. The van der Waals surface area contributed by atoms with Gasteiger partial charge in [0.1, 0.15) is 11.2 Å². The zero-order valence-corrected chi connectivity index (χ0v) is 37.7. The van der Waals surface area contributed by atoms with Gasteiger partial charge in [-0.15, -0.1) is 0 Å². The van der Waals surface area contributed by atoms with E-state index in [1.807, 2.05) is 12.1 Å². The number of hydrogen-bond acceptors (Lipinski definition) is 2. The SMILES string of the molecule is c1ccc(-c2ccccc2-c2cccc(N(c3ccc(-c4cccc5c4oc4ccccc45)cc3)c3ccccc3-c3ccc(-c4ccccc4-n4c5ccccc5c5ccccc54)cc3)c2)cc1. The van der Waals surface area contributed by atoms with Gasteiger partial charge in [0, 0.05) is 49.6 Å². The number of anilines is 3. The maximum Gasteiger partial charge on any atom is 0.143 e. The number of benzene rings is 11. The molecule has 0 aliphatic rings. The lowest BCUT2D eigenvalue weighted by atomic mass is 9.94. The van der Waals surface area contributed by atoms with Crippen LogP contribution >= 0.6 is 0 Å². The van der Waals surface area contributed by atoms with E-state index in [1.54, 1.807) is 0 Å². The van der Waals surface area contributed by atoms with E-state index in [2.05, 4.69) is 264 Å². The van der Waals surface area contributed by atoms with Gasteiger partial charge < -0.3 is 13.9 Å². The third-order valence-electron chi connectivity index (χ3n) is 13.6. The number of nitrogens with zero attached hydrogens (tertiary/aromatic N) is 2. The predicted molar refractivity (Wildman–Crippen MR) is 290 cm³/mol. The minimum absolute atomic E-state index is 0.897. The Morgan fingerprint density at radius 3 is 1.51 bits per heavy atom. The molecule has 324 valence electrons. The molecule has 0 spiro atoms.